The third-order valence-electron chi connectivity index (χ3n) is 5.26. The summed E-state index contributed by atoms with van der Waals surface area (Å²) in [7, 11) is 2.01. The van der Waals surface area contributed by atoms with E-state index < -0.39 is 0 Å². The first-order chi connectivity index (χ1) is 14.5. The molecule has 6 nitrogen and oxygen atoms in total. The number of nitrogens with zero attached hydrogens (tertiary/aromatic N) is 3. The summed E-state index contributed by atoms with van der Waals surface area (Å²) in [5.41, 5.74) is 1.73. The number of halogens is 2. The summed E-state index contributed by atoms with van der Waals surface area (Å²) in [6.45, 7) is 4.19. The van der Waals surface area contributed by atoms with Gasteiger partial charge < -0.3 is 24.4 Å². The Bertz CT molecular complexity index is 1040. The summed E-state index contributed by atoms with van der Waals surface area (Å²) in [5.74, 6) is 0.470. The van der Waals surface area contributed by atoms with E-state index in [1.807, 2.05) is 40.9 Å². The predicted octanol–water partition coefficient (Wildman–Crippen LogP) is 3.76. The molecule has 0 bridgehead atoms. The number of ether oxygens (including phenoxy) is 1. The van der Waals surface area contributed by atoms with E-state index >= 15 is 0 Å². The third-order valence-corrected chi connectivity index (χ3v) is 5.50. The zero-order chi connectivity index (χ0) is 21.1. The second-order valence-corrected chi connectivity index (χ2v) is 7.81. The molecule has 1 aromatic heterocycles. The Morgan fingerprint density at radius 1 is 1.20 bits per heavy atom. The van der Waals surface area contributed by atoms with Crippen molar-refractivity contribution in [2.75, 3.05) is 46.4 Å². The molecule has 1 aliphatic rings. The molecule has 1 fully saturated rings. The van der Waals surface area contributed by atoms with Gasteiger partial charge in [0.1, 0.15) is 18.2 Å². The van der Waals surface area contributed by atoms with E-state index in [1.54, 1.807) is 12.1 Å². The molecule has 2 amide bonds. The molecule has 3 aromatic rings. The van der Waals surface area contributed by atoms with Crippen LogP contribution in [-0.2, 0) is 0 Å². The number of amides is 2. The summed E-state index contributed by atoms with van der Waals surface area (Å²) in [6.07, 6.45) is 1.91. The smallest absolute Gasteiger partial charge is 0.317 e. The van der Waals surface area contributed by atoms with Crippen LogP contribution in [-0.4, -0.2) is 66.8 Å². The second kappa shape index (κ2) is 8.93. The third kappa shape index (κ3) is 4.52. The van der Waals surface area contributed by atoms with E-state index in [1.165, 1.54) is 12.1 Å². The molecule has 1 aliphatic heterocycles. The van der Waals surface area contributed by atoms with Crippen LogP contribution in [0.4, 0.5) is 9.18 Å². The van der Waals surface area contributed by atoms with E-state index in [4.69, 9.17) is 16.3 Å². The first-order valence-electron chi connectivity index (χ1n) is 9.92. The highest BCUT2D eigenvalue weighted by atomic mass is 35.5. The average molecular weight is 431 g/mol. The number of fused-ring (bicyclic) bond motifs is 1. The van der Waals surface area contributed by atoms with Crippen LogP contribution >= 0.6 is 11.6 Å². The van der Waals surface area contributed by atoms with Crippen LogP contribution in [0.15, 0.2) is 48.7 Å². The van der Waals surface area contributed by atoms with Gasteiger partial charge in [0.2, 0.25) is 0 Å². The number of likely N-dealkylation sites (N-methyl/N-ethyl adjacent to an activating group) is 1. The maximum absolute atomic E-state index is 13.3. The first-order valence-corrected chi connectivity index (χ1v) is 10.3. The standard InChI is InChI=1S/C22H24ClFN4O2/c1-26(10-11-27-9-8-25-22(27)29)12-13-30-21-15-28(18-5-3-17(24)4-6-18)20-14-16(23)2-7-19(20)21/h2-7,14-15H,8-13H2,1H3,(H,25,29). The Labute approximate surface area is 179 Å². The fourth-order valence-corrected chi connectivity index (χ4v) is 3.70. The Kier molecular flexibility index (Phi) is 6.11. The minimum atomic E-state index is -0.279. The molecule has 0 aliphatic carbocycles. The van der Waals surface area contributed by atoms with Crippen molar-refractivity contribution in [1.82, 2.24) is 19.7 Å². The lowest BCUT2D eigenvalue weighted by atomic mass is 10.2. The molecule has 0 spiro atoms. The van der Waals surface area contributed by atoms with Gasteiger partial charge in [0.05, 0.1) is 11.7 Å². The predicted molar refractivity (Wildman–Crippen MR) is 116 cm³/mol. The van der Waals surface area contributed by atoms with Crippen LogP contribution in [0.25, 0.3) is 16.6 Å². The molecule has 1 saturated heterocycles. The molecule has 1 N–H and O–H groups in total. The molecule has 0 saturated carbocycles. The van der Waals surface area contributed by atoms with Gasteiger partial charge in [-0.2, -0.15) is 0 Å². The number of urea groups is 1. The molecule has 0 radical (unpaired) electrons. The van der Waals surface area contributed by atoms with E-state index in [-0.39, 0.29) is 11.8 Å². The summed E-state index contributed by atoms with van der Waals surface area (Å²) >= 11 is 6.20. The molecular weight excluding hydrogens is 407 g/mol. The largest absolute Gasteiger partial charge is 0.490 e. The van der Waals surface area contributed by atoms with Crippen molar-refractivity contribution in [3.63, 3.8) is 0 Å². The maximum atomic E-state index is 13.3. The van der Waals surface area contributed by atoms with Gasteiger partial charge in [-0.05, 0) is 49.5 Å². The fourth-order valence-electron chi connectivity index (χ4n) is 3.54. The van der Waals surface area contributed by atoms with E-state index in [2.05, 4.69) is 10.2 Å². The van der Waals surface area contributed by atoms with Crippen LogP contribution in [0, 0.1) is 5.82 Å². The van der Waals surface area contributed by atoms with Crippen LogP contribution in [0.3, 0.4) is 0 Å². The number of hydrogen-bond acceptors (Lipinski definition) is 3. The van der Waals surface area contributed by atoms with Gasteiger partial charge in [-0.25, -0.2) is 9.18 Å². The van der Waals surface area contributed by atoms with Crippen molar-refractivity contribution in [2.45, 2.75) is 0 Å². The lowest BCUT2D eigenvalue weighted by molar-refractivity contribution is 0.199. The lowest BCUT2D eigenvalue weighted by Gasteiger charge is -2.20. The van der Waals surface area contributed by atoms with Gasteiger partial charge in [0.15, 0.2) is 0 Å². The monoisotopic (exact) mass is 430 g/mol. The van der Waals surface area contributed by atoms with Crippen molar-refractivity contribution in [3.8, 4) is 11.4 Å². The molecule has 0 atom stereocenters. The highest BCUT2D eigenvalue weighted by Gasteiger charge is 2.19. The van der Waals surface area contributed by atoms with Crippen LogP contribution < -0.4 is 10.1 Å². The zero-order valence-electron chi connectivity index (χ0n) is 16.8. The molecule has 8 heteroatoms. The Hall–Kier alpha value is -2.77. The van der Waals surface area contributed by atoms with Crippen molar-refractivity contribution >= 4 is 28.5 Å². The molecule has 0 unspecified atom stereocenters. The Morgan fingerprint density at radius 3 is 2.73 bits per heavy atom. The fraction of sp³-hybridized carbons (Fsp3) is 0.318. The molecule has 4 rings (SSSR count). The van der Waals surface area contributed by atoms with Crippen LogP contribution in [0.1, 0.15) is 0 Å². The van der Waals surface area contributed by atoms with Crippen LogP contribution in [0.2, 0.25) is 5.02 Å². The van der Waals surface area contributed by atoms with Gasteiger partial charge >= 0.3 is 6.03 Å². The first kappa shape index (κ1) is 20.5. The lowest BCUT2D eigenvalue weighted by Crippen LogP contribution is -2.36. The number of aromatic nitrogens is 1. The van der Waals surface area contributed by atoms with Crippen molar-refractivity contribution in [3.05, 3.63) is 59.5 Å². The minimum absolute atomic E-state index is 0.00640. The number of carbonyl (C=O) groups is 1. The van der Waals surface area contributed by atoms with Crippen LogP contribution in [0.5, 0.6) is 5.75 Å². The van der Waals surface area contributed by atoms with Gasteiger partial charge in [-0.1, -0.05) is 11.6 Å². The summed E-state index contributed by atoms with van der Waals surface area (Å²) < 4.78 is 21.4. The van der Waals surface area contributed by atoms with Gasteiger partial charge in [0.25, 0.3) is 0 Å². The quantitative estimate of drug-likeness (QED) is 0.592. The van der Waals surface area contributed by atoms with Crippen molar-refractivity contribution in [1.29, 1.82) is 0 Å². The molecule has 2 aromatic carbocycles. The Morgan fingerprint density at radius 2 is 2.00 bits per heavy atom. The minimum Gasteiger partial charge on any atom is -0.490 e. The highest BCUT2D eigenvalue weighted by molar-refractivity contribution is 6.31. The van der Waals surface area contributed by atoms with E-state index in [9.17, 15) is 9.18 Å². The number of carbonyl (C=O) groups excluding carboxylic acids is 1. The van der Waals surface area contributed by atoms with Gasteiger partial charge in [-0.15, -0.1) is 0 Å². The zero-order valence-corrected chi connectivity index (χ0v) is 17.5. The maximum Gasteiger partial charge on any atom is 0.317 e. The molecule has 158 valence electrons. The number of rotatable bonds is 8. The molecule has 2 heterocycles. The normalized spacial score (nSPS) is 14.0. The van der Waals surface area contributed by atoms with Crippen molar-refractivity contribution < 1.29 is 13.9 Å². The van der Waals surface area contributed by atoms with Gasteiger partial charge in [0, 0.05) is 48.8 Å². The van der Waals surface area contributed by atoms with E-state index in [0.29, 0.717) is 24.7 Å². The SMILES string of the molecule is CN(CCOc1cn(-c2ccc(F)cc2)c2cc(Cl)ccc12)CCN1CCNC1=O. The summed E-state index contributed by atoms with van der Waals surface area (Å²) in [5, 5.41) is 4.38. The van der Waals surface area contributed by atoms with Gasteiger partial charge in [-0.3, -0.25) is 0 Å². The second-order valence-electron chi connectivity index (χ2n) is 7.37. The summed E-state index contributed by atoms with van der Waals surface area (Å²) in [4.78, 5) is 15.6. The molecule has 30 heavy (non-hydrogen) atoms. The van der Waals surface area contributed by atoms with E-state index in [0.717, 1.165) is 42.0 Å². The summed E-state index contributed by atoms with van der Waals surface area (Å²) in [6, 6.07) is 12.0. The van der Waals surface area contributed by atoms with Crippen molar-refractivity contribution in [2.24, 2.45) is 0 Å². The molecular formula is C22H24ClFN4O2. The topological polar surface area (TPSA) is 49.7 Å². The number of benzene rings is 2. The average Bonchev–Trinajstić information content (AvgIpc) is 3.30. The number of hydrogen-bond donors (Lipinski definition) is 1. The highest BCUT2D eigenvalue weighted by Crippen LogP contribution is 2.32. The Balaban J connectivity index is 1.42. The number of nitrogens with one attached hydrogen (secondary N) is 1.